The molecule has 140 valence electrons. The molecule has 2 unspecified atom stereocenters. The van der Waals surface area contributed by atoms with E-state index in [4.69, 9.17) is 15.0 Å². The first-order valence-electron chi connectivity index (χ1n) is 8.65. The molecule has 27 heavy (non-hydrogen) atoms. The minimum absolute atomic E-state index is 0.169. The molecule has 0 radical (unpaired) electrons. The lowest BCUT2D eigenvalue weighted by atomic mass is 10.0. The van der Waals surface area contributed by atoms with Crippen molar-refractivity contribution in [1.29, 1.82) is 0 Å². The maximum Gasteiger partial charge on any atom is 0.249 e. The highest BCUT2D eigenvalue weighted by molar-refractivity contribution is 5.77. The highest BCUT2D eigenvalue weighted by Crippen LogP contribution is 2.28. The first-order valence-corrected chi connectivity index (χ1v) is 8.65. The Labute approximate surface area is 157 Å². The van der Waals surface area contributed by atoms with Gasteiger partial charge in [-0.25, -0.2) is 0 Å². The number of nitrogens with two attached hydrogens (primary N) is 1. The molecule has 0 aliphatic rings. The Morgan fingerprint density at radius 1 is 1.19 bits per heavy atom. The number of aromatic nitrogens is 2. The predicted molar refractivity (Wildman–Crippen MR) is 101 cm³/mol. The summed E-state index contributed by atoms with van der Waals surface area (Å²) in [6.45, 7) is 1.78. The van der Waals surface area contributed by atoms with Crippen molar-refractivity contribution in [3.63, 3.8) is 0 Å². The van der Waals surface area contributed by atoms with Crippen LogP contribution < -0.4 is 15.8 Å². The molecule has 0 fully saturated rings. The van der Waals surface area contributed by atoms with Crippen molar-refractivity contribution in [2.24, 2.45) is 5.73 Å². The minimum Gasteiger partial charge on any atom is -0.496 e. The summed E-state index contributed by atoms with van der Waals surface area (Å²) >= 11 is 0. The maximum atomic E-state index is 12.3. The van der Waals surface area contributed by atoms with Crippen molar-refractivity contribution in [3.8, 4) is 17.1 Å². The highest BCUT2D eigenvalue weighted by atomic mass is 16.5. The van der Waals surface area contributed by atoms with E-state index in [2.05, 4.69) is 15.5 Å². The van der Waals surface area contributed by atoms with E-state index in [0.717, 1.165) is 11.1 Å². The fourth-order valence-electron chi connectivity index (χ4n) is 2.73. The SMILES string of the molecule is COc1ccccc1-c1noc(C(C)NC(=O)CC(N)c2ccccc2)n1. The summed E-state index contributed by atoms with van der Waals surface area (Å²) in [5.41, 5.74) is 7.73. The molecule has 0 saturated carbocycles. The number of nitrogens with zero attached hydrogens (tertiary/aromatic N) is 2. The molecule has 3 aromatic rings. The van der Waals surface area contributed by atoms with Gasteiger partial charge in [-0.2, -0.15) is 4.98 Å². The molecule has 0 aliphatic carbocycles. The molecular weight excluding hydrogens is 344 g/mol. The zero-order valence-corrected chi connectivity index (χ0v) is 15.3. The van der Waals surface area contributed by atoms with Crippen LogP contribution in [0, 0.1) is 0 Å². The lowest BCUT2D eigenvalue weighted by Gasteiger charge is -2.14. The fourth-order valence-corrected chi connectivity index (χ4v) is 2.73. The van der Waals surface area contributed by atoms with Gasteiger partial charge < -0.3 is 20.3 Å². The molecule has 0 spiro atoms. The molecule has 2 atom stereocenters. The molecule has 3 rings (SSSR count). The molecule has 0 bridgehead atoms. The number of ether oxygens (including phenoxy) is 1. The van der Waals surface area contributed by atoms with Gasteiger partial charge in [-0.15, -0.1) is 0 Å². The van der Waals surface area contributed by atoms with Gasteiger partial charge in [-0.05, 0) is 24.6 Å². The molecule has 0 saturated heterocycles. The number of para-hydroxylation sites is 1. The Balaban J connectivity index is 1.64. The zero-order valence-electron chi connectivity index (χ0n) is 15.3. The number of amides is 1. The smallest absolute Gasteiger partial charge is 0.249 e. The molecule has 1 aromatic heterocycles. The van der Waals surface area contributed by atoms with Crippen LogP contribution in [0.1, 0.15) is 36.9 Å². The van der Waals surface area contributed by atoms with Crippen LogP contribution in [0.15, 0.2) is 59.1 Å². The van der Waals surface area contributed by atoms with Crippen LogP contribution in [0.4, 0.5) is 0 Å². The summed E-state index contributed by atoms with van der Waals surface area (Å²) in [6, 6.07) is 16.1. The normalized spacial score (nSPS) is 13.0. The molecule has 7 heteroatoms. The van der Waals surface area contributed by atoms with E-state index in [0.29, 0.717) is 17.5 Å². The van der Waals surface area contributed by atoms with E-state index in [1.54, 1.807) is 14.0 Å². The van der Waals surface area contributed by atoms with E-state index in [-0.39, 0.29) is 18.4 Å². The molecule has 3 N–H and O–H groups in total. The van der Waals surface area contributed by atoms with Gasteiger partial charge in [-0.3, -0.25) is 4.79 Å². The van der Waals surface area contributed by atoms with Gasteiger partial charge in [0.1, 0.15) is 11.8 Å². The van der Waals surface area contributed by atoms with Crippen LogP contribution in [-0.4, -0.2) is 23.2 Å². The van der Waals surface area contributed by atoms with Gasteiger partial charge in [0.05, 0.1) is 12.7 Å². The van der Waals surface area contributed by atoms with Crippen molar-refractivity contribution in [1.82, 2.24) is 15.5 Å². The van der Waals surface area contributed by atoms with Gasteiger partial charge in [-0.1, -0.05) is 47.6 Å². The molecular formula is C20H22N4O3. The molecule has 7 nitrogen and oxygen atoms in total. The number of carbonyl (C=O) groups excluding carboxylic acids is 1. The number of hydrogen-bond acceptors (Lipinski definition) is 6. The Kier molecular flexibility index (Phi) is 5.83. The number of nitrogens with one attached hydrogen (secondary N) is 1. The van der Waals surface area contributed by atoms with Gasteiger partial charge >= 0.3 is 0 Å². The zero-order chi connectivity index (χ0) is 19.2. The van der Waals surface area contributed by atoms with Crippen molar-refractivity contribution in [3.05, 3.63) is 66.1 Å². The van der Waals surface area contributed by atoms with Crippen LogP contribution in [0.5, 0.6) is 5.75 Å². The number of hydrogen-bond donors (Lipinski definition) is 2. The average Bonchev–Trinajstić information content (AvgIpc) is 3.18. The van der Waals surface area contributed by atoms with Crippen molar-refractivity contribution in [2.45, 2.75) is 25.4 Å². The third kappa shape index (κ3) is 4.51. The monoisotopic (exact) mass is 366 g/mol. The van der Waals surface area contributed by atoms with Crippen molar-refractivity contribution < 1.29 is 14.1 Å². The summed E-state index contributed by atoms with van der Waals surface area (Å²) in [6.07, 6.45) is 0.169. The first kappa shape index (κ1) is 18.6. The average molecular weight is 366 g/mol. The number of rotatable bonds is 7. The number of carbonyl (C=O) groups is 1. The maximum absolute atomic E-state index is 12.3. The van der Waals surface area contributed by atoms with E-state index >= 15 is 0 Å². The summed E-state index contributed by atoms with van der Waals surface area (Å²) in [4.78, 5) is 16.7. The summed E-state index contributed by atoms with van der Waals surface area (Å²) in [5.74, 6) is 1.19. The molecule has 2 aromatic carbocycles. The molecule has 0 aliphatic heterocycles. The van der Waals surface area contributed by atoms with E-state index < -0.39 is 6.04 Å². The third-order valence-electron chi connectivity index (χ3n) is 4.17. The summed E-state index contributed by atoms with van der Waals surface area (Å²) in [7, 11) is 1.58. The van der Waals surface area contributed by atoms with Gasteiger partial charge in [0.2, 0.25) is 17.6 Å². The second-order valence-electron chi connectivity index (χ2n) is 6.17. The lowest BCUT2D eigenvalue weighted by molar-refractivity contribution is -0.122. The minimum atomic E-state index is -0.434. The van der Waals surface area contributed by atoms with Gasteiger partial charge in [0.25, 0.3) is 0 Å². The van der Waals surface area contributed by atoms with Crippen LogP contribution in [0.3, 0.4) is 0 Å². The molecule has 1 heterocycles. The Bertz CT molecular complexity index is 895. The van der Waals surface area contributed by atoms with Crippen LogP contribution in [-0.2, 0) is 4.79 Å². The topological polar surface area (TPSA) is 103 Å². The Morgan fingerprint density at radius 3 is 2.63 bits per heavy atom. The fraction of sp³-hybridized carbons (Fsp3) is 0.250. The van der Waals surface area contributed by atoms with E-state index in [9.17, 15) is 4.79 Å². The van der Waals surface area contributed by atoms with Crippen LogP contribution >= 0.6 is 0 Å². The van der Waals surface area contributed by atoms with E-state index in [1.807, 2.05) is 54.6 Å². The summed E-state index contributed by atoms with van der Waals surface area (Å²) in [5, 5.41) is 6.83. The van der Waals surface area contributed by atoms with Crippen LogP contribution in [0.2, 0.25) is 0 Å². The number of methoxy groups -OCH3 is 1. The third-order valence-corrected chi connectivity index (χ3v) is 4.17. The quantitative estimate of drug-likeness (QED) is 0.666. The lowest BCUT2D eigenvalue weighted by Crippen LogP contribution is -2.30. The van der Waals surface area contributed by atoms with Crippen molar-refractivity contribution >= 4 is 5.91 Å². The summed E-state index contributed by atoms with van der Waals surface area (Å²) < 4.78 is 10.6. The van der Waals surface area contributed by atoms with E-state index in [1.165, 1.54) is 0 Å². The van der Waals surface area contributed by atoms with Crippen molar-refractivity contribution in [2.75, 3.05) is 7.11 Å². The number of benzene rings is 2. The second-order valence-corrected chi connectivity index (χ2v) is 6.17. The Morgan fingerprint density at radius 2 is 1.89 bits per heavy atom. The second kappa shape index (κ2) is 8.46. The standard InChI is InChI=1S/C20H22N4O3/c1-13(22-18(25)12-16(21)14-8-4-3-5-9-14)20-23-19(24-27-20)15-10-6-7-11-17(15)26-2/h3-11,13,16H,12,21H2,1-2H3,(H,22,25). The molecule has 1 amide bonds. The van der Waals surface area contributed by atoms with Gasteiger partial charge in [0, 0.05) is 12.5 Å². The van der Waals surface area contributed by atoms with Gasteiger partial charge in [0.15, 0.2) is 0 Å². The highest BCUT2D eigenvalue weighted by Gasteiger charge is 2.20. The first-order chi connectivity index (χ1) is 13.1. The predicted octanol–water partition coefficient (Wildman–Crippen LogP) is 3.01. The Hall–Kier alpha value is -3.19. The largest absolute Gasteiger partial charge is 0.496 e. The van der Waals surface area contributed by atoms with Crippen LogP contribution in [0.25, 0.3) is 11.4 Å².